The summed E-state index contributed by atoms with van der Waals surface area (Å²) in [6.07, 6.45) is 7.21. The third-order valence-electron chi connectivity index (χ3n) is 5.78. The summed E-state index contributed by atoms with van der Waals surface area (Å²) in [5, 5.41) is 4.36. The van der Waals surface area contributed by atoms with Gasteiger partial charge in [-0.2, -0.15) is 10.1 Å². The van der Waals surface area contributed by atoms with Crippen LogP contribution in [-0.4, -0.2) is 42.6 Å². The van der Waals surface area contributed by atoms with Crippen molar-refractivity contribution in [2.24, 2.45) is 0 Å². The van der Waals surface area contributed by atoms with E-state index in [0.29, 0.717) is 18.2 Å². The van der Waals surface area contributed by atoms with E-state index in [1.54, 1.807) is 24.8 Å². The highest BCUT2D eigenvalue weighted by Gasteiger charge is 2.25. The molecule has 6 nitrogen and oxygen atoms in total. The predicted octanol–water partition coefficient (Wildman–Crippen LogP) is 4.01. The third-order valence-corrected chi connectivity index (χ3v) is 5.78. The molecule has 4 heterocycles. The van der Waals surface area contributed by atoms with E-state index in [2.05, 4.69) is 31.0 Å². The van der Waals surface area contributed by atoms with E-state index >= 15 is 0 Å². The van der Waals surface area contributed by atoms with Crippen molar-refractivity contribution in [2.75, 3.05) is 13.1 Å². The van der Waals surface area contributed by atoms with Gasteiger partial charge in [-0.15, -0.1) is 0 Å². The fourth-order valence-corrected chi connectivity index (χ4v) is 4.35. The molecule has 0 bridgehead atoms. The molecule has 152 valence electrons. The highest BCUT2D eigenvalue weighted by atomic mass is 19.1. The van der Waals surface area contributed by atoms with Crippen LogP contribution in [0.5, 0.6) is 0 Å². The molecule has 1 aliphatic heterocycles. The SMILES string of the molecule is Cc1cc(C2CCCN(Cc3cc(-c4ccncc4)ccc3F)C2)n2ncnc2n1. The van der Waals surface area contributed by atoms with Crippen molar-refractivity contribution in [2.45, 2.75) is 32.2 Å². The van der Waals surface area contributed by atoms with Gasteiger partial charge in [0.25, 0.3) is 5.78 Å². The molecule has 0 spiro atoms. The number of hydrogen-bond donors (Lipinski definition) is 0. The number of hydrogen-bond acceptors (Lipinski definition) is 5. The molecule has 1 unspecified atom stereocenters. The van der Waals surface area contributed by atoms with Crippen LogP contribution in [0.1, 0.15) is 35.7 Å². The van der Waals surface area contributed by atoms with Gasteiger partial charge in [-0.3, -0.25) is 9.88 Å². The van der Waals surface area contributed by atoms with Gasteiger partial charge >= 0.3 is 0 Å². The van der Waals surface area contributed by atoms with Crippen molar-refractivity contribution < 1.29 is 4.39 Å². The van der Waals surface area contributed by atoms with Crippen molar-refractivity contribution in [1.29, 1.82) is 0 Å². The van der Waals surface area contributed by atoms with Crippen molar-refractivity contribution in [3.8, 4) is 11.1 Å². The topological polar surface area (TPSA) is 59.2 Å². The highest BCUT2D eigenvalue weighted by Crippen LogP contribution is 2.29. The lowest BCUT2D eigenvalue weighted by Crippen LogP contribution is -2.35. The van der Waals surface area contributed by atoms with Crippen LogP contribution in [0.15, 0.2) is 55.1 Å². The van der Waals surface area contributed by atoms with Crippen molar-refractivity contribution in [1.82, 2.24) is 29.5 Å². The number of piperidine rings is 1. The maximum absolute atomic E-state index is 14.6. The molecule has 0 N–H and O–H groups in total. The Morgan fingerprint density at radius 1 is 1.10 bits per heavy atom. The van der Waals surface area contributed by atoms with Gasteiger partial charge in [-0.25, -0.2) is 13.9 Å². The fraction of sp³-hybridized carbons (Fsp3) is 0.304. The summed E-state index contributed by atoms with van der Waals surface area (Å²) in [4.78, 5) is 15.1. The van der Waals surface area contributed by atoms with Crippen molar-refractivity contribution in [3.63, 3.8) is 0 Å². The van der Waals surface area contributed by atoms with Crippen molar-refractivity contribution in [3.05, 3.63) is 77.9 Å². The van der Waals surface area contributed by atoms with Gasteiger partial charge in [0.1, 0.15) is 12.1 Å². The van der Waals surface area contributed by atoms with Crippen LogP contribution in [-0.2, 0) is 6.54 Å². The molecule has 1 aromatic carbocycles. The number of rotatable bonds is 4. The lowest BCUT2D eigenvalue weighted by Gasteiger charge is -2.33. The van der Waals surface area contributed by atoms with Gasteiger partial charge in [-0.05, 0) is 67.8 Å². The van der Waals surface area contributed by atoms with E-state index in [9.17, 15) is 4.39 Å². The fourth-order valence-electron chi connectivity index (χ4n) is 4.35. The minimum Gasteiger partial charge on any atom is -0.298 e. The summed E-state index contributed by atoms with van der Waals surface area (Å²) >= 11 is 0. The Labute approximate surface area is 174 Å². The number of nitrogens with zero attached hydrogens (tertiary/aromatic N) is 6. The Morgan fingerprint density at radius 3 is 2.83 bits per heavy atom. The first-order chi connectivity index (χ1) is 14.7. The van der Waals surface area contributed by atoms with E-state index in [-0.39, 0.29) is 5.82 Å². The molecule has 0 radical (unpaired) electrons. The van der Waals surface area contributed by atoms with E-state index in [4.69, 9.17) is 0 Å². The number of pyridine rings is 1. The second kappa shape index (κ2) is 7.91. The van der Waals surface area contributed by atoms with Crippen LogP contribution in [0, 0.1) is 12.7 Å². The Balaban J connectivity index is 1.39. The zero-order valence-electron chi connectivity index (χ0n) is 16.9. The minimum atomic E-state index is -0.159. The first-order valence-corrected chi connectivity index (χ1v) is 10.3. The quantitative estimate of drug-likeness (QED) is 0.516. The largest absolute Gasteiger partial charge is 0.298 e. The molecular weight excluding hydrogens is 379 g/mol. The molecule has 1 atom stereocenters. The molecule has 4 aromatic rings. The lowest BCUT2D eigenvalue weighted by atomic mass is 9.93. The van der Waals surface area contributed by atoms with Gasteiger partial charge in [0, 0.05) is 42.7 Å². The molecule has 7 heteroatoms. The molecule has 1 fully saturated rings. The standard InChI is InChI=1S/C23H23FN6/c1-16-11-22(30-23(28-16)26-15-27-30)19-3-2-10-29(13-19)14-20-12-18(4-5-21(20)24)17-6-8-25-9-7-17/h4-9,11-12,15,19H,2-3,10,13-14H2,1H3. The van der Waals surface area contributed by atoms with Crippen LogP contribution < -0.4 is 0 Å². The second-order valence-electron chi connectivity index (χ2n) is 7.91. The van der Waals surface area contributed by atoms with Gasteiger partial charge in [0.2, 0.25) is 0 Å². The number of benzene rings is 1. The van der Waals surface area contributed by atoms with E-state index in [1.165, 1.54) is 0 Å². The number of halogens is 1. The summed E-state index contributed by atoms with van der Waals surface area (Å²) in [6.45, 7) is 4.39. The number of aryl methyl sites for hydroxylation is 1. The van der Waals surface area contributed by atoms with E-state index in [0.717, 1.165) is 54.0 Å². The monoisotopic (exact) mass is 402 g/mol. The molecule has 0 aliphatic carbocycles. The predicted molar refractivity (Wildman–Crippen MR) is 112 cm³/mol. The molecule has 0 amide bonds. The average molecular weight is 402 g/mol. The van der Waals surface area contributed by atoms with Crippen LogP contribution >= 0.6 is 0 Å². The van der Waals surface area contributed by atoms with Crippen molar-refractivity contribution >= 4 is 5.78 Å². The summed E-state index contributed by atoms with van der Waals surface area (Å²) in [7, 11) is 0. The maximum atomic E-state index is 14.6. The molecule has 0 saturated carbocycles. The Hall–Kier alpha value is -3.19. The smallest absolute Gasteiger partial charge is 0.252 e. The van der Waals surface area contributed by atoms with Crippen LogP contribution in [0.2, 0.25) is 0 Å². The average Bonchev–Trinajstić information content (AvgIpc) is 3.24. The van der Waals surface area contributed by atoms with Crippen LogP contribution in [0.4, 0.5) is 4.39 Å². The summed E-state index contributed by atoms with van der Waals surface area (Å²) in [5.74, 6) is 0.794. The summed E-state index contributed by atoms with van der Waals surface area (Å²) < 4.78 is 16.4. The number of aromatic nitrogens is 5. The first-order valence-electron chi connectivity index (χ1n) is 10.3. The second-order valence-corrected chi connectivity index (χ2v) is 7.91. The Bertz CT molecular complexity index is 1170. The van der Waals surface area contributed by atoms with Crippen LogP contribution in [0.25, 0.3) is 16.9 Å². The Morgan fingerprint density at radius 2 is 1.97 bits per heavy atom. The number of fused-ring (bicyclic) bond motifs is 1. The molecule has 3 aromatic heterocycles. The normalized spacial score (nSPS) is 17.5. The first kappa shape index (κ1) is 18.8. The summed E-state index contributed by atoms with van der Waals surface area (Å²) in [6, 6.07) is 11.3. The molecule has 5 rings (SSSR count). The molecule has 1 saturated heterocycles. The maximum Gasteiger partial charge on any atom is 0.252 e. The lowest BCUT2D eigenvalue weighted by molar-refractivity contribution is 0.195. The van der Waals surface area contributed by atoms with Gasteiger partial charge in [0.05, 0.1) is 5.69 Å². The van der Waals surface area contributed by atoms with Gasteiger partial charge in [-0.1, -0.05) is 6.07 Å². The Kier molecular flexibility index (Phi) is 4.96. The number of likely N-dealkylation sites (tertiary alicyclic amines) is 1. The van der Waals surface area contributed by atoms with Crippen LogP contribution in [0.3, 0.4) is 0 Å². The third kappa shape index (κ3) is 3.68. The van der Waals surface area contributed by atoms with Gasteiger partial charge < -0.3 is 0 Å². The summed E-state index contributed by atoms with van der Waals surface area (Å²) in [5.41, 5.74) is 4.85. The molecule has 1 aliphatic rings. The van der Waals surface area contributed by atoms with E-state index < -0.39 is 0 Å². The molecular formula is C23H23FN6. The zero-order chi connectivity index (χ0) is 20.5. The highest BCUT2D eigenvalue weighted by molar-refractivity contribution is 5.63. The van der Waals surface area contributed by atoms with E-state index in [1.807, 2.05) is 35.7 Å². The minimum absolute atomic E-state index is 0.159. The molecule has 30 heavy (non-hydrogen) atoms. The zero-order valence-corrected chi connectivity index (χ0v) is 16.9. The van der Waals surface area contributed by atoms with Gasteiger partial charge in [0.15, 0.2) is 0 Å².